The third-order valence-corrected chi connectivity index (χ3v) is 6.24. The standard InChI is InChI=1S/C29H30O3/c1-29(2)17-7-12-27(29)26-19-22(13-15-25(26)23-9-4-3-5-10-23)20-32-24-11-6-8-21(18-24)14-16-28(30)31/h3-6,8-13,15,18-19H,7,14,16-17,20H2,1-2H3,(H,30,31). The van der Waals surface area contributed by atoms with Gasteiger partial charge in [-0.25, -0.2) is 0 Å². The maximum Gasteiger partial charge on any atom is 0.303 e. The van der Waals surface area contributed by atoms with Crippen LogP contribution in [0.2, 0.25) is 0 Å². The van der Waals surface area contributed by atoms with Gasteiger partial charge in [0.1, 0.15) is 12.4 Å². The molecule has 0 aromatic heterocycles. The smallest absolute Gasteiger partial charge is 0.303 e. The maximum atomic E-state index is 10.8. The zero-order valence-electron chi connectivity index (χ0n) is 18.8. The van der Waals surface area contributed by atoms with Crippen molar-refractivity contribution in [3.63, 3.8) is 0 Å². The van der Waals surface area contributed by atoms with Gasteiger partial charge in [0.25, 0.3) is 0 Å². The number of hydrogen-bond acceptors (Lipinski definition) is 2. The van der Waals surface area contributed by atoms with E-state index in [1.807, 2.05) is 24.3 Å². The first-order chi connectivity index (χ1) is 15.4. The van der Waals surface area contributed by atoms with E-state index in [0.717, 1.165) is 23.3 Å². The normalized spacial score (nSPS) is 14.8. The summed E-state index contributed by atoms with van der Waals surface area (Å²) in [6.45, 7) is 5.12. The molecular weight excluding hydrogens is 396 g/mol. The molecule has 4 rings (SSSR count). The second-order valence-electron chi connectivity index (χ2n) is 9.12. The topological polar surface area (TPSA) is 46.5 Å². The van der Waals surface area contributed by atoms with Crippen LogP contribution < -0.4 is 4.74 Å². The molecule has 32 heavy (non-hydrogen) atoms. The lowest BCUT2D eigenvalue weighted by Crippen LogP contribution is -2.10. The van der Waals surface area contributed by atoms with E-state index in [1.165, 1.54) is 28.7 Å². The third-order valence-electron chi connectivity index (χ3n) is 6.24. The van der Waals surface area contributed by atoms with Crippen LogP contribution in [-0.2, 0) is 17.8 Å². The summed E-state index contributed by atoms with van der Waals surface area (Å²) in [7, 11) is 0. The summed E-state index contributed by atoms with van der Waals surface area (Å²) in [5.41, 5.74) is 7.43. The van der Waals surface area contributed by atoms with Gasteiger partial charge in [0.2, 0.25) is 0 Å². The molecule has 0 bridgehead atoms. The number of carboxylic acids is 1. The molecule has 0 amide bonds. The number of benzene rings is 3. The van der Waals surface area contributed by atoms with E-state index < -0.39 is 5.97 Å². The Kier molecular flexibility index (Phi) is 6.45. The highest BCUT2D eigenvalue weighted by Gasteiger charge is 2.29. The lowest BCUT2D eigenvalue weighted by atomic mass is 9.79. The monoisotopic (exact) mass is 426 g/mol. The third kappa shape index (κ3) is 5.11. The van der Waals surface area contributed by atoms with E-state index in [4.69, 9.17) is 9.84 Å². The van der Waals surface area contributed by atoms with Crippen LogP contribution in [-0.4, -0.2) is 11.1 Å². The van der Waals surface area contributed by atoms with Crippen LogP contribution in [0.4, 0.5) is 0 Å². The van der Waals surface area contributed by atoms with E-state index in [1.54, 1.807) is 0 Å². The number of hydrogen-bond donors (Lipinski definition) is 1. The van der Waals surface area contributed by atoms with Crippen molar-refractivity contribution in [2.45, 2.75) is 46.1 Å². The minimum absolute atomic E-state index is 0.124. The summed E-state index contributed by atoms with van der Waals surface area (Å²) in [6, 6.07) is 24.9. The van der Waals surface area contributed by atoms with Crippen molar-refractivity contribution in [1.82, 2.24) is 0 Å². The fraction of sp³-hybridized carbons (Fsp3) is 0.276. The molecule has 0 radical (unpaired) electrons. The van der Waals surface area contributed by atoms with Crippen molar-refractivity contribution in [3.05, 3.63) is 95.6 Å². The van der Waals surface area contributed by atoms with Gasteiger partial charge >= 0.3 is 5.97 Å². The Morgan fingerprint density at radius 2 is 1.75 bits per heavy atom. The van der Waals surface area contributed by atoms with Gasteiger partial charge in [-0.3, -0.25) is 4.79 Å². The Labute approximate surface area is 190 Å². The zero-order valence-corrected chi connectivity index (χ0v) is 18.8. The molecular formula is C29H30O3. The Morgan fingerprint density at radius 1 is 0.938 bits per heavy atom. The molecule has 3 aromatic rings. The summed E-state index contributed by atoms with van der Waals surface area (Å²) in [6.07, 6.45) is 5.30. The van der Waals surface area contributed by atoms with Crippen LogP contribution >= 0.6 is 0 Å². The van der Waals surface area contributed by atoms with Crippen molar-refractivity contribution < 1.29 is 14.6 Å². The van der Waals surface area contributed by atoms with Crippen LogP contribution in [0, 0.1) is 5.41 Å². The maximum absolute atomic E-state index is 10.8. The highest BCUT2D eigenvalue weighted by molar-refractivity contribution is 5.84. The minimum atomic E-state index is -0.786. The van der Waals surface area contributed by atoms with E-state index in [2.05, 4.69) is 68.5 Å². The summed E-state index contributed by atoms with van der Waals surface area (Å²) in [5.74, 6) is -0.0199. The summed E-state index contributed by atoms with van der Waals surface area (Å²) >= 11 is 0. The molecule has 0 aliphatic heterocycles. The van der Waals surface area contributed by atoms with Gasteiger partial charge in [-0.15, -0.1) is 0 Å². The summed E-state index contributed by atoms with van der Waals surface area (Å²) in [4.78, 5) is 10.8. The molecule has 1 aliphatic rings. The first kappa shape index (κ1) is 21.9. The largest absolute Gasteiger partial charge is 0.489 e. The van der Waals surface area contributed by atoms with E-state index >= 15 is 0 Å². The van der Waals surface area contributed by atoms with Gasteiger partial charge in [-0.05, 0) is 76.3 Å². The van der Waals surface area contributed by atoms with Crippen molar-refractivity contribution in [3.8, 4) is 16.9 Å². The molecule has 164 valence electrons. The molecule has 0 fully saturated rings. The quantitative estimate of drug-likeness (QED) is 0.416. The van der Waals surface area contributed by atoms with Crippen molar-refractivity contribution in [2.24, 2.45) is 5.41 Å². The molecule has 0 saturated heterocycles. The molecule has 0 unspecified atom stereocenters. The van der Waals surface area contributed by atoms with Gasteiger partial charge < -0.3 is 9.84 Å². The van der Waals surface area contributed by atoms with Gasteiger partial charge in [-0.2, -0.15) is 0 Å². The summed E-state index contributed by atoms with van der Waals surface area (Å²) < 4.78 is 6.09. The SMILES string of the molecule is CC1(C)CCC=C1c1cc(COc2cccc(CCC(=O)O)c2)ccc1-c1ccccc1. The molecule has 3 aromatic carbocycles. The Bertz CT molecular complexity index is 1130. The molecule has 0 atom stereocenters. The van der Waals surface area contributed by atoms with E-state index in [0.29, 0.717) is 13.0 Å². The second-order valence-corrected chi connectivity index (χ2v) is 9.12. The average Bonchev–Trinajstić information content (AvgIpc) is 3.16. The first-order valence-corrected chi connectivity index (χ1v) is 11.3. The predicted molar refractivity (Wildman–Crippen MR) is 130 cm³/mol. The Hall–Kier alpha value is -3.33. The average molecular weight is 427 g/mol. The van der Waals surface area contributed by atoms with Crippen molar-refractivity contribution >= 4 is 11.5 Å². The fourth-order valence-corrected chi connectivity index (χ4v) is 4.45. The lowest BCUT2D eigenvalue weighted by molar-refractivity contribution is -0.136. The van der Waals surface area contributed by atoms with Gasteiger partial charge in [-0.1, -0.05) is 74.5 Å². The van der Waals surface area contributed by atoms with Gasteiger partial charge in [0.05, 0.1) is 0 Å². The number of ether oxygens (including phenoxy) is 1. The van der Waals surface area contributed by atoms with Crippen molar-refractivity contribution in [1.29, 1.82) is 0 Å². The molecule has 3 nitrogen and oxygen atoms in total. The first-order valence-electron chi connectivity index (χ1n) is 11.3. The summed E-state index contributed by atoms with van der Waals surface area (Å²) in [5, 5.41) is 8.92. The molecule has 0 saturated carbocycles. The van der Waals surface area contributed by atoms with Crippen LogP contribution in [0.1, 0.15) is 49.8 Å². The van der Waals surface area contributed by atoms with Gasteiger partial charge in [0.15, 0.2) is 0 Å². The molecule has 1 aliphatic carbocycles. The van der Waals surface area contributed by atoms with Crippen LogP contribution in [0.5, 0.6) is 5.75 Å². The number of carbonyl (C=O) groups is 1. The van der Waals surface area contributed by atoms with Crippen LogP contribution in [0.3, 0.4) is 0 Å². The van der Waals surface area contributed by atoms with Crippen molar-refractivity contribution in [2.75, 3.05) is 0 Å². The van der Waals surface area contributed by atoms with Gasteiger partial charge in [0, 0.05) is 6.42 Å². The molecule has 0 spiro atoms. The highest BCUT2D eigenvalue weighted by Crippen LogP contribution is 2.47. The molecule has 0 heterocycles. The minimum Gasteiger partial charge on any atom is -0.489 e. The van der Waals surface area contributed by atoms with E-state index in [-0.39, 0.29) is 11.8 Å². The highest BCUT2D eigenvalue weighted by atomic mass is 16.5. The zero-order chi connectivity index (χ0) is 22.6. The Balaban J connectivity index is 1.59. The van der Waals surface area contributed by atoms with Crippen LogP contribution in [0.25, 0.3) is 16.7 Å². The second kappa shape index (κ2) is 9.44. The number of carboxylic acid groups (broad SMARTS) is 1. The number of rotatable bonds is 8. The number of aryl methyl sites for hydroxylation is 1. The molecule has 3 heteroatoms. The van der Waals surface area contributed by atoms with E-state index in [9.17, 15) is 4.79 Å². The number of allylic oxidation sites excluding steroid dienone is 2. The fourth-order valence-electron chi connectivity index (χ4n) is 4.45. The lowest BCUT2D eigenvalue weighted by Gasteiger charge is -2.25. The Morgan fingerprint density at radius 3 is 2.47 bits per heavy atom. The number of aliphatic carboxylic acids is 1. The molecule has 1 N–H and O–H groups in total. The van der Waals surface area contributed by atoms with Crippen LogP contribution in [0.15, 0.2) is 78.9 Å². The predicted octanol–water partition coefficient (Wildman–Crippen LogP) is 7.15.